The third-order valence-corrected chi connectivity index (χ3v) is 3.52. The van der Waals surface area contributed by atoms with Gasteiger partial charge in [0.25, 0.3) is 0 Å². The summed E-state index contributed by atoms with van der Waals surface area (Å²) in [6.07, 6.45) is -4.60. The molecule has 0 unspecified atom stereocenters. The van der Waals surface area contributed by atoms with Crippen molar-refractivity contribution in [2.45, 2.75) is 30.2 Å². The Labute approximate surface area is 123 Å². The van der Waals surface area contributed by atoms with Gasteiger partial charge >= 0.3 is 6.18 Å². The van der Waals surface area contributed by atoms with E-state index in [1.165, 1.54) is 6.07 Å². The number of halogens is 3. The zero-order valence-electron chi connectivity index (χ0n) is 11.6. The smallest absolute Gasteiger partial charge is 0.370 e. The molecular formula is C11H13F3N6S. The Balaban J connectivity index is 2.38. The zero-order valence-corrected chi connectivity index (χ0v) is 12.4. The van der Waals surface area contributed by atoms with Crippen LogP contribution in [0.25, 0.3) is 0 Å². The molecule has 2 heterocycles. The Bertz CT molecular complexity index is 639. The lowest BCUT2D eigenvalue weighted by Crippen LogP contribution is -2.13. The maximum Gasteiger partial charge on any atom is 0.451 e. The second kappa shape index (κ2) is 5.88. The van der Waals surface area contributed by atoms with Crippen LogP contribution in [-0.4, -0.2) is 31.3 Å². The summed E-state index contributed by atoms with van der Waals surface area (Å²) in [5.74, 6) is -0.391. The van der Waals surface area contributed by atoms with E-state index in [4.69, 9.17) is 0 Å². The fraction of sp³-hybridized carbons (Fsp3) is 0.455. The van der Waals surface area contributed by atoms with Crippen molar-refractivity contribution in [3.63, 3.8) is 0 Å². The normalized spacial score (nSPS) is 11.7. The topological polar surface area (TPSA) is 68.5 Å². The van der Waals surface area contributed by atoms with Gasteiger partial charge in [-0.15, -0.1) is 10.2 Å². The van der Waals surface area contributed by atoms with Crippen molar-refractivity contribution in [1.82, 2.24) is 24.7 Å². The molecule has 0 saturated heterocycles. The SMILES string of the molecule is CCNc1cc(Sc2nnc(C)n2C)nc(C(F)(F)F)n1. The summed E-state index contributed by atoms with van der Waals surface area (Å²) in [4.78, 5) is 7.00. The van der Waals surface area contributed by atoms with Crippen LogP contribution in [0.5, 0.6) is 0 Å². The van der Waals surface area contributed by atoms with Crippen LogP contribution in [0.3, 0.4) is 0 Å². The first-order valence-corrected chi connectivity index (χ1v) is 6.87. The van der Waals surface area contributed by atoms with Crippen molar-refractivity contribution in [2.75, 3.05) is 11.9 Å². The van der Waals surface area contributed by atoms with Gasteiger partial charge in [-0.3, -0.25) is 0 Å². The van der Waals surface area contributed by atoms with Crippen LogP contribution in [0.1, 0.15) is 18.6 Å². The number of anilines is 1. The van der Waals surface area contributed by atoms with Crippen molar-refractivity contribution >= 4 is 17.6 Å². The number of hydrogen-bond acceptors (Lipinski definition) is 6. The molecule has 0 atom stereocenters. The summed E-state index contributed by atoms with van der Waals surface area (Å²) >= 11 is 1.00. The lowest BCUT2D eigenvalue weighted by molar-refractivity contribution is -0.145. The molecule has 10 heteroatoms. The molecule has 2 rings (SSSR count). The minimum absolute atomic E-state index is 0.126. The molecule has 21 heavy (non-hydrogen) atoms. The van der Waals surface area contributed by atoms with Crippen molar-refractivity contribution in [3.8, 4) is 0 Å². The number of nitrogens with one attached hydrogen (secondary N) is 1. The Morgan fingerprint density at radius 2 is 2.00 bits per heavy atom. The van der Waals surface area contributed by atoms with E-state index in [1.807, 2.05) is 0 Å². The van der Waals surface area contributed by atoms with E-state index < -0.39 is 12.0 Å². The predicted molar refractivity (Wildman–Crippen MR) is 71.1 cm³/mol. The van der Waals surface area contributed by atoms with Crippen LogP contribution in [0.4, 0.5) is 19.0 Å². The van der Waals surface area contributed by atoms with Crippen molar-refractivity contribution in [2.24, 2.45) is 7.05 Å². The molecule has 0 fully saturated rings. The van der Waals surface area contributed by atoms with Gasteiger partial charge in [0.1, 0.15) is 16.7 Å². The van der Waals surface area contributed by atoms with Crippen LogP contribution in [0, 0.1) is 6.92 Å². The fourth-order valence-electron chi connectivity index (χ4n) is 1.45. The van der Waals surface area contributed by atoms with E-state index in [1.54, 1.807) is 25.5 Å². The first-order valence-electron chi connectivity index (χ1n) is 6.05. The Hall–Kier alpha value is -1.84. The molecule has 0 radical (unpaired) electrons. The van der Waals surface area contributed by atoms with E-state index in [-0.39, 0.29) is 10.8 Å². The number of alkyl halides is 3. The summed E-state index contributed by atoms with van der Waals surface area (Å²) < 4.78 is 40.1. The maximum absolute atomic E-state index is 12.8. The molecule has 6 nitrogen and oxygen atoms in total. The summed E-state index contributed by atoms with van der Waals surface area (Å²) in [5, 5.41) is 11.1. The Morgan fingerprint density at radius 3 is 2.52 bits per heavy atom. The molecule has 0 spiro atoms. The third-order valence-electron chi connectivity index (χ3n) is 2.56. The largest absolute Gasteiger partial charge is 0.451 e. The van der Waals surface area contributed by atoms with Crippen LogP contribution in [0.15, 0.2) is 16.2 Å². The van der Waals surface area contributed by atoms with Gasteiger partial charge < -0.3 is 9.88 Å². The molecule has 0 aromatic carbocycles. The molecule has 0 aliphatic heterocycles. The quantitative estimate of drug-likeness (QED) is 0.874. The zero-order chi connectivity index (χ0) is 15.6. The van der Waals surface area contributed by atoms with Gasteiger partial charge in [0.15, 0.2) is 5.16 Å². The molecule has 1 N–H and O–H groups in total. The maximum atomic E-state index is 12.8. The van der Waals surface area contributed by atoms with Gasteiger partial charge in [-0.25, -0.2) is 9.97 Å². The molecule has 0 bridgehead atoms. The highest BCUT2D eigenvalue weighted by molar-refractivity contribution is 7.99. The molecule has 2 aromatic rings. The van der Waals surface area contributed by atoms with Gasteiger partial charge in [-0.2, -0.15) is 13.2 Å². The molecule has 0 aliphatic carbocycles. The van der Waals surface area contributed by atoms with E-state index in [2.05, 4.69) is 25.5 Å². The van der Waals surface area contributed by atoms with Crippen LogP contribution in [-0.2, 0) is 13.2 Å². The number of aryl methyl sites for hydroxylation is 1. The summed E-state index contributed by atoms with van der Waals surface area (Å²) in [5.41, 5.74) is 0. The van der Waals surface area contributed by atoms with Gasteiger partial charge in [0, 0.05) is 19.7 Å². The van der Waals surface area contributed by atoms with Gasteiger partial charge in [-0.05, 0) is 25.6 Å². The molecule has 0 amide bonds. The number of rotatable bonds is 4. The minimum Gasteiger partial charge on any atom is -0.370 e. The predicted octanol–water partition coefficient (Wildman–Crippen LogP) is 2.52. The van der Waals surface area contributed by atoms with E-state index in [0.29, 0.717) is 17.5 Å². The Kier molecular flexibility index (Phi) is 4.35. The number of hydrogen-bond donors (Lipinski definition) is 1. The van der Waals surface area contributed by atoms with Crippen molar-refractivity contribution in [3.05, 3.63) is 17.7 Å². The van der Waals surface area contributed by atoms with Crippen LogP contribution in [0.2, 0.25) is 0 Å². The van der Waals surface area contributed by atoms with Crippen molar-refractivity contribution in [1.29, 1.82) is 0 Å². The molecule has 114 valence electrons. The van der Waals surface area contributed by atoms with Gasteiger partial charge in [0.05, 0.1) is 0 Å². The van der Waals surface area contributed by atoms with Gasteiger partial charge in [0.2, 0.25) is 5.82 Å². The first-order chi connectivity index (χ1) is 9.81. The first kappa shape index (κ1) is 15.5. The fourth-order valence-corrected chi connectivity index (χ4v) is 2.29. The standard InChI is InChI=1S/C11H13F3N6S/c1-4-15-7-5-8(17-9(16-7)11(12,13)14)21-10-19-18-6(2)20(10)3/h5H,4H2,1-3H3,(H,15,16,17). The average Bonchev–Trinajstić information content (AvgIpc) is 2.70. The highest BCUT2D eigenvalue weighted by Gasteiger charge is 2.35. The third kappa shape index (κ3) is 3.63. The highest BCUT2D eigenvalue weighted by atomic mass is 32.2. The van der Waals surface area contributed by atoms with E-state index >= 15 is 0 Å². The number of nitrogens with zero attached hydrogens (tertiary/aromatic N) is 5. The van der Waals surface area contributed by atoms with Crippen molar-refractivity contribution < 1.29 is 13.2 Å². The Morgan fingerprint density at radius 1 is 1.29 bits per heavy atom. The summed E-state index contributed by atoms with van der Waals surface area (Å²) in [6.45, 7) is 3.98. The number of aromatic nitrogens is 5. The van der Waals surface area contributed by atoms with E-state index in [0.717, 1.165) is 11.8 Å². The van der Waals surface area contributed by atoms with E-state index in [9.17, 15) is 13.2 Å². The second-order valence-electron chi connectivity index (χ2n) is 4.13. The summed E-state index contributed by atoms with van der Waals surface area (Å²) in [7, 11) is 1.73. The molecular weight excluding hydrogens is 305 g/mol. The molecule has 0 aliphatic rings. The van der Waals surface area contributed by atoms with Gasteiger partial charge in [-0.1, -0.05) is 0 Å². The lowest BCUT2D eigenvalue weighted by atomic mass is 10.5. The summed E-state index contributed by atoms with van der Waals surface area (Å²) in [6, 6.07) is 1.45. The molecule has 0 saturated carbocycles. The lowest BCUT2D eigenvalue weighted by Gasteiger charge is -2.10. The molecule has 2 aromatic heterocycles. The van der Waals surface area contributed by atoms with Crippen LogP contribution >= 0.6 is 11.8 Å². The monoisotopic (exact) mass is 318 g/mol. The second-order valence-corrected chi connectivity index (χ2v) is 5.12. The average molecular weight is 318 g/mol. The highest BCUT2D eigenvalue weighted by Crippen LogP contribution is 2.31. The minimum atomic E-state index is -4.60. The van der Waals surface area contributed by atoms with Crippen LogP contribution < -0.4 is 5.32 Å².